The molecule has 0 amide bonds. The zero-order valence-electron chi connectivity index (χ0n) is 27.2. The molecule has 0 aliphatic rings. The lowest BCUT2D eigenvalue weighted by atomic mass is 10.1. The van der Waals surface area contributed by atoms with Gasteiger partial charge in [-0.3, -0.25) is 0 Å². The third kappa shape index (κ3) is 5.73. The second-order valence-electron chi connectivity index (χ2n) is 12.5. The van der Waals surface area contributed by atoms with Crippen molar-refractivity contribution in [3.05, 3.63) is 164 Å². The summed E-state index contributed by atoms with van der Waals surface area (Å²) in [7, 11) is 0. The summed E-state index contributed by atoms with van der Waals surface area (Å²) in [5.74, 6) is 1.95. The van der Waals surface area contributed by atoms with Gasteiger partial charge in [-0.2, -0.15) is 0 Å². The lowest BCUT2D eigenvalue weighted by Gasteiger charge is -2.10. The maximum Gasteiger partial charge on any atom is 0.164 e. The van der Waals surface area contributed by atoms with E-state index >= 15 is 0 Å². The summed E-state index contributed by atoms with van der Waals surface area (Å²) in [5, 5.41) is 3.76. The Bertz CT molecular complexity index is 2470. The molecule has 3 nitrogen and oxygen atoms in total. The molecule has 0 bridgehead atoms. The molecule has 6 heteroatoms. The van der Waals surface area contributed by atoms with Gasteiger partial charge in [0.15, 0.2) is 17.5 Å². The van der Waals surface area contributed by atoms with Crippen molar-refractivity contribution in [2.45, 2.75) is 0 Å². The number of rotatable bonds is 6. The Morgan fingerprint density at radius 3 is 0.882 bits per heavy atom. The van der Waals surface area contributed by atoms with Crippen LogP contribution in [0.2, 0.25) is 0 Å². The van der Waals surface area contributed by atoms with E-state index in [1.54, 1.807) is 34.0 Å². The second-order valence-corrected chi connectivity index (χ2v) is 15.7. The highest BCUT2D eigenvalue weighted by atomic mass is 32.1. The van der Waals surface area contributed by atoms with E-state index in [9.17, 15) is 0 Å². The predicted molar refractivity (Wildman–Crippen MR) is 219 cm³/mol. The normalized spacial score (nSPS) is 11.5. The fourth-order valence-corrected chi connectivity index (χ4v) is 9.75. The van der Waals surface area contributed by atoms with E-state index < -0.39 is 0 Å². The van der Waals surface area contributed by atoms with E-state index in [4.69, 9.17) is 15.0 Å². The standard InChI is InChI=1S/C45H27N3S3/c1-4-19-37-31(10-1)25-40(49-37)28-13-7-16-34(22-28)43-46-44(35-17-8-14-29(23-35)41-26-32-11-2-5-20-38(32)50-41)48-45(47-43)36-18-9-15-30(24-36)42-27-33-12-3-6-21-39(33)51-42/h1-27H. The minimum atomic E-state index is 0.650. The molecule has 51 heavy (non-hydrogen) atoms. The summed E-state index contributed by atoms with van der Waals surface area (Å²) in [4.78, 5) is 19.1. The van der Waals surface area contributed by atoms with Crippen LogP contribution in [0.3, 0.4) is 0 Å². The second kappa shape index (κ2) is 12.5. The Morgan fingerprint density at radius 2 is 0.569 bits per heavy atom. The van der Waals surface area contributed by atoms with E-state index in [-0.39, 0.29) is 0 Å². The molecule has 4 aromatic heterocycles. The molecule has 10 aromatic rings. The minimum Gasteiger partial charge on any atom is -0.208 e. The summed E-state index contributed by atoms with van der Waals surface area (Å²) >= 11 is 5.41. The molecule has 0 spiro atoms. The number of hydrogen-bond acceptors (Lipinski definition) is 6. The van der Waals surface area contributed by atoms with Gasteiger partial charge < -0.3 is 0 Å². The largest absolute Gasteiger partial charge is 0.208 e. The van der Waals surface area contributed by atoms with Crippen molar-refractivity contribution in [1.29, 1.82) is 0 Å². The van der Waals surface area contributed by atoms with Gasteiger partial charge in [-0.15, -0.1) is 34.0 Å². The molecule has 6 aromatic carbocycles. The molecule has 0 unspecified atom stereocenters. The number of hydrogen-bond donors (Lipinski definition) is 0. The van der Waals surface area contributed by atoms with Gasteiger partial charge in [-0.05, 0) is 87.4 Å². The van der Waals surface area contributed by atoms with Crippen LogP contribution in [0, 0.1) is 0 Å². The molecule has 4 heterocycles. The van der Waals surface area contributed by atoms with Crippen molar-refractivity contribution in [3.63, 3.8) is 0 Å². The van der Waals surface area contributed by atoms with Crippen LogP contribution in [0.5, 0.6) is 0 Å². The minimum absolute atomic E-state index is 0.650. The average Bonchev–Trinajstić information content (AvgIpc) is 3.95. The van der Waals surface area contributed by atoms with Gasteiger partial charge in [0.25, 0.3) is 0 Å². The van der Waals surface area contributed by atoms with E-state index in [2.05, 4.69) is 164 Å². The topological polar surface area (TPSA) is 38.7 Å². The fraction of sp³-hybridized carbons (Fsp3) is 0. The highest BCUT2D eigenvalue weighted by molar-refractivity contribution is 7.23. The zero-order chi connectivity index (χ0) is 33.7. The van der Waals surface area contributed by atoms with Crippen molar-refractivity contribution in [3.8, 4) is 65.5 Å². The monoisotopic (exact) mass is 705 g/mol. The number of thiophene rings is 3. The molecular weight excluding hydrogens is 679 g/mol. The van der Waals surface area contributed by atoms with Crippen LogP contribution >= 0.6 is 34.0 Å². The maximum absolute atomic E-state index is 5.15. The highest BCUT2D eigenvalue weighted by Gasteiger charge is 2.16. The van der Waals surface area contributed by atoms with Gasteiger partial charge >= 0.3 is 0 Å². The van der Waals surface area contributed by atoms with E-state index in [1.165, 1.54) is 44.9 Å². The molecule has 0 fully saturated rings. The van der Waals surface area contributed by atoms with E-state index in [0.717, 1.165) is 33.4 Å². The molecule has 0 radical (unpaired) electrons. The van der Waals surface area contributed by atoms with Crippen molar-refractivity contribution < 1.29 is 0 Å². The van der Waals surface area contributed by atoms with Gasteiger partial charge in [0.1, 0.15) is 0 Å². The number of benzene rings is 6. The lowest BCUT2D eigenvalue weighted by molar-refractivity contribution is 1.07. The molecule has 0 saturated carbocycles. The Morgan fingerprint density at radius 1 is 0.275 bits per heavy atom. The van der Waals surface area contributed by atoms with Crippen LogP contribution in [-0.4, -0.2) is 15.0 Å². The van der Waals surface area contributed by atoms with Crippen molar-refractivity contribution in [2.24, 2.45) is 0 Å². The Hall–Kier alpha value is -5.79. The smallest absolute Gasteiger partial charge is 0.164 e. The van der Waals surface area contributed by atoms with Crippen LogP contribution in [0.25, 0.3) is 95.7 Å². The first-order valence-electron chi connectivity index (χ1n) is 16.7. The van der Waals surface area contributed by atoms with Gasteiger partial charge in [0, 0.05) is 45.4 Å². The third-order valence-electron chi connectivity index (χ3n) is 9.13. The van der Waals surface area contributed by atoms with E-state index in [0.29, 0.717) is 17.5 Å². The first kappa shape index (κ1) is 30.1. The third-order valence-corrected chi connectivity index (χ3v) is 12.6. The van der Waals surface area contributed by atoms with Gasteiger partial charge in [-0.1, -0.05) is 109 Å². The first-order valence-corrected chi connectivity index (χ1v) is 19.2. The zero-order valence-corrected chi connectivity index (χ0v) is 29.6. The molecular formula is C45H27N3S3. The van der Waals surface area contributed by atoms with Gasteiger partial charge in [-0.25, -0.2) is 15.0 Å². The van der Waals surface area contributed by atoms with E-state index in [1.807, 2.05) is 0 Å². The Kier molecular flexibility index (Phi) is 7.38. The van der Waals surface area contributed by atoms with Crippen molar-refractivity contribution in [1.82, 2.24) is 15.0 Å². The predicted octanol–water partition coefficient (Wildman–Crippen LogP) is 13.5. The van der Waals surface area contributed by atoms with Crippen molar-refractivity contribution in [2.75, 3.05) is 0 Å². The molecule has 0 saturated heterocycles. The van der Waals surface area contributed by atoms with Crippen LogP contribution < -0.4 is 0 Å². The summed E-state index contributed by atoms with van der Waals surface area (Å²) in [6.45, 7) is 0. The molecule has 240 valence electrons. The number of nitrogens with zero attached hydrogens (tertiary/aromatic N) is 3. The summed E-state index contributed by atoms with van der Waals surface area (Å²) < 4.78 is 3.83. The maximum atomic E-state index is 5.15. The van der Waals surface area contributed by atoms with Gasteiger partial charge in [0.2, 0.25) is 0 Å². The van der Waals surface area contributed by atoms with Crippen LogP contribution in [0.1, 0.15) is 0 Å². The molecule has 0 N–H and O–H groups in total. The molecule has 0 atom stereocenters. The van der Waals surface area contributed by atoms with Crippen LogP contribution in [0.4, 0.5) is 0 Å². The first-order chi connectivity index (χ1) is 25.2. The molecule has 10 rings (SSSR count). The number of aromatic nitrogens is 3. The highest BCUT2D eigenvalue weighted by Crippen LogP contribution is 2.38. The summed E-state index contributed by atoms with van der Waals surface area (Å²) in [5.41, 5.74) is 6.31. The fourth-order valence-electron chi connectivity index (χ4n) is 6.57. The lowest BCUT2D eigenvalue weighted by Crippen LogP contribution is -2.00. The average molecular weight is 706 g/mol. The molecule has 0 aliphatic heterocycles. The summed E-state index contributed by atoms with van der Waals surface area (Å²) in [6.07, 6.45) is 0. The quantitative estimate of drug-likeness (QED) is 0.173. The number of fused-ring (bicyclic) bond motifs is 3. The van der Waals surface area contributed by atoms with Crippen molar-refractivity contribution >= 4 is 64.3 Å². The van der Waals surface area contributed by atoms with Gasteiger partial charge in [0.05, 0.1) is 0 Å². The Balaban J connectivity index is 1.11. The summed E-state index contributed by atoms with van der Waals surface area (Å²) in [6, 6.07) is 58.1. The van der Waals surface area contributed by atoms with Crippen LogP contribution in [-0.2, 0) is 0 Å². The SMILES string of the molecule is c1cc(-c2nc(-c3cccc(-c4cc5ccccc5s4)c3)nc(-c3cccc(-c4cc5ccccc5s4)c3)n2)cc(-c2cc3ccccc3s2)c1. The molecule has 0 aliphatic carbocycles. The Labute approximate surface area is 306 Å². The van der Waals surface area contributed by atoms with Crippen LogP contribution in [0.15, 0.2) is 164 Å².